The van der Waals surface area contributed by atoms with Crippen LogP contribution in [0.15, 0.2) is 60.7 Å². The molecule has 0 radical (unpaired) electrons. The summed E-state index contributed by atoms with van der Waals surface area (Å²) in [5.41, 5.74) is 8.55. The highest BCUT2D eigenvalue weighted by Crippen LogP contribution is 2.18. The van der Waals surface area contributed by atoms with Gasteiger partial charge in [-0.1, -0.05) is 60.2 Å². The average Bonchev–Trinajstić information content (AvgIpc) is 2.76. The van der Waals surface area contributed by atoms with Crippen LogP contribution in [0.3, 0.4) is 0 Å². The summed E-state index contributed by atoms with van der Waals surface area (Å²) in [5.74, 6) is -1.17. The minimum absolute atomic E-state index is 0.0115. The number of anilines is 1. The van der Waals surface area contributed by atoms with Crippen LogP contribution in [0.25, 0.3) is 10.8 Å². The molecular formula is C24H26N4O3. The Morgan fingerprint density at radius 1 is 0.774 bits per heavy atom. The van der Waals surface area contributed by atoms with Crippen molar-refractivity contribution in [2.45, 2.75) is 20.3 Å². The summed E-state index contributed by atoms with van der Waals surface area (Å²) in [6, 6.07) is 19.5. The highest BCUT2D eigenvalue weighted by Gasteiger charge is 2.10. The zero-order valence-electron chi connectivity index (χ0n) is 17.6. The largest absolute Gasteiger partial charge is 0.376 e. The average molecular weight is 418 g/mol. The van der Waals surface area contributed by atoms with E-state index in [1.54, 1.807) is 0 Å². The highest BCUT2D eigenvalue weighted by atomic mass is 16.2. The van der Waals surface area contributed by atoms with Crippen LogP contribution in [0.5, 0.6) is 0 Å². The Kier molecular flexibility index (Phi) is 7.22. The van der Waals surface area contributed by atoms with Crippen LogP contribution < -0.4 is 21.5 Å². The molecule has 3 aromatic carbocycles. The summed E-state index contributed by atoms with van der Waals surface area (Å²) in [6.45, 7) is 3.74. The molecule has 0 aromatic heterocycles. The fourth-order valence-electron chi connectivity index (χ4n) is 3.28. The molecule has 0 aliphatic carbocycles. The maximum atomic E-state index is 12.2. The molecule has 3 aromatic rings. The minimum Gasteiger partial charge on any atom is -0.376 e. The first kappa shape index (κ1) is 21.8. The van der Waals surface area contributed by atoms with Crippen LogP contribution >= 0.6 is 0 Å². The Hall–Kier alpha value is -3.87. The van der Waals surface area contributed by atoms with Crippen molar-refractivity contribution in [1.29, 1.82) is 0 Å². The number of hydrazine groups is 1. The monoisotopic (exact) mass is 418 g/mol. The molecule has 31 heavy (non-hydrogen) atoms. The molecule has 0 aliphatic heterocycles. The molecule has 160 valence electrons. The SMILES string of the molecule is Cc1ccc(NCC(=O)NNC(=O)CNC(=O)Cc2cccc3ccccc23)c(C)c1. The Balaban J connectivity index is 1.39. The summed E-state index contributed by atoms with van der Waals surface area (Å²) in [6.07, 6.45) is 0.167. The molecule has 3 amide bonds. The van der Waals surface area contributed by atoms with E-state index in [9.17, 15) is 14.4 Å². The summed E-state index contributed by atoms with van der Waals surface area (Å²) in [7, 11) is 0. The van der Waals surface area contributed by atoms with E-state index in [4.69, 9.17) is 0 Å². The molecule has 7 nitrogen and oxygen atoms in total. The van der Waals surface area contributed by atoms with Crippen molar-refractivity contribution in [1.82, 2.24) is 16.2 Å². The first-order valence-electron chi connectivity index (χ1n) is 10.0. The van der Waals surface area contributed by atoms with Crippen LogP contribution in [-0.4, -0.2) is 30.8 Å². The van der Waals surface area contributed by atoms with Gasteiger partial charge in [0, 0.05) is 5.69 Å². The van der Waals surface area contributed by atoms with E-state index in [-0.39, 0.29) is 25.4 Å². The summed E-state index contributed by atoms with van der Waals surface area (Å²) >= 11 is 0. The molecule has 0 heterocycles. The van der Waals surface area contributed by atoms with Crippen molar-refractivity contribution in [2.24, 2.45) is 0 Å². The second-order valence-corrected chi connectivity index (χ2v) is 7.36. The lowest BCUT2D eigenvalue weighted by Gasteiger charge is -2.12. The van der Waals surface area contributed by atoms with Crippen molar-refractivity contribution in [3.05, 3.63) is 77.4 Å². The number of carbonyl (C=O) groups excluding carboxylic acids is 3. The molecule has 4 N–H and O–H groups in total. The number of hydrogen-bond donors (Lipinski definition) is 4. The van der Waals surface area contributed by atoms with Crippen molar-refractivity contribution < 1.29 is 14.4 Å². The van der Waals surface area contributed by atoms with Gasteiger partial charge in [0.1, 0.15) is 0 Å². The molecule has 0 spiro atoms. The first-order chi connectivity index (χ1) is 14.9. The van der Waals surface area contributed by atoms with Gasteiger partial charge in [-0.25, -0.2) is 0 Å². The number of amides is 3. The van der Waals surface area contributed by atoms with Crippen molar-refractivity contribution in [2.75, 3.05) is 18.4 Å². The van der Waals surface area contributed by atoms with Crippen molar-refractivity contribution in [3.8, 4) is 0 Å². The fraction of sp³-hybridized carbons (Fsp3) is 0.208. The van der Waals surface area contributed by atoms with Gasteiger partial charge in [0.15, 0.2) is 0 Å². The van der Waals surface area contributed by atoms with Crippen LogP contribution in [0.1, 0.15) is 16.7 Å². The van der Waals surface area contributed by atoms with Crippen LogP contribution in [0.2, 0.25) is 0 Å². The molecule has 0 unspecified atom stereocenters. The fourth-order valence-corrected chi connectivity index (χ4v) is 3.28. The summed E-state index contributed by atoms with van der Waals surface area (Å²) < 4.78 is 0. The van der Waals surface area contributed by atoms with Crippen LogP contribution in [-0.2, 0) is 20.8 Å². The van der Waals surface area contributed by atoms with Gasteiger partial charge in [-0.15, -0.1) is 0 Å². The number of aryl methyl sites for hydroxylation is 2. The van der Waals surface area contributed by atoms with Crippen LogP contribution in [0.4, 0.5) is 5.69 Å². The topological polar surface area (TPSA) is 99.3 Å². The maximum Gasteiger partial charge on any atom is 0.257 e. The maximum absolute atomic E-state index is 12.2. The normalized spacial score (nSPS) is 10.4. The predicted octanol–water partition coefficient (Wildman–Crippen LogP) is 2.37. The van der Waals surface area contributed by atoms with E-state index in [1.165, 1.54) is 0 Å². The van der Waals surface area contributed by atoms with Gasteiger partial charge in [0.2, 0.25) is 5.91 Å². The number of fused-ring (bicyclic) bond motifs is 1. The van der Waals surface area contributed by atoms with E-state index in [0.717, 1.165) is 33.2 Å². The molecular weight excluding hydrogens is 392 g/mol. The third-order valence-electron chi connectivity index (χ3n) is 4.84. The second-order valence-electron chi connectivity index (χ2n) is 7.36. The Bertz CT molecular complexity index is 1110. The summed E-state index contributed by atoms with van der Waals surface area (Å²) in [4.78, 5) is 36.1. The zero-order valence-corrected chi connectivity index (χ0v) is 17.6. The van der Waals surface area contributed by atoms with Crippen molar-refractivity contribution in [3.63, 3.8) is 0 Å². The van der Waals surface area contributed by atoms with Gasteiger partial charge >= 0.3 is 0 Å². The predicted molar refractivity (Wildman–Crippen MR) is 121 cm³/mol. The third-order valence-corrected chi connectivity index (χ3v) is 4.84. The standard InChI is InChI=1S/C24H26N4O3/c1-16-10-11-21(17(2)12-16)25-14-23(30)27-28-24(31)15-26-22(29)13-19-8-5-7-18-6-3-4-9-20(18)19/h3-12,25H,13-15H2,1-2H3,(H,26,29)(H,27,30)(H,28,31). The molecule has 0 aliphatic rings. The molecule has 0 saturated carbocycles. The lowest BCUT2D eigenvalue weighted by atomic mass is 10.0. The van der Waals surface area contributed by atoms with Gasteiger partial charge in [-0.3, -0.25) is 25.2 Å². The number of benzene rings is 3. The Morgan fingerprint density at radius 3 is 2.26 bits per heavy atom. The van der Waals surface area contributed by atoms with Crippen molar-refractivity contribution >= 4 is 34.2 Å². The summed E-state index contributed by atoms with van der Waals surface area (Å²) in [5, 5.41) is 7.66. The van der Waals surface area contributed by atoms with E-state index in [0.29, 0.717) is 0 Å². The van der Waals surface area contributed by atoms with E-state index in [1.807, 2.05) is 74.5 Å². The second kappa shape index (κ2) is 10.2. The first-order valence-corrected chi connectivity index (χ1v) is 10.0. The molecule has 7 heteroatoms. The number of carbonyl (C=O) groups is 3. The third kappa shape index (κ3) is 6.30. The smallest absolute Gasteiger partial charge is 0.257 e. The molecule has 0 bridgehead atoms. The Morgan fingerprint density at radius 2 is 1.48 bits per heavy atom. The van der Waals surface area contributed by atoms with E-state index < -0.39 is 11.8 Å². The van der Waals surface area contributed by atoms with Gasteiger partial charge in [0.05, 0.1) is 19.5 Å². The lowest BCUT2D eigenvalue weighted by molar-refractivity contribution is -0.129. The van der Waals surface area contributed by atoms with Gasteiger partial charge in [0.25, 0.3) is 11.8 Å². The zero-order chi connectivity index (χ0) is 22.2. The lowest BCUT2D eigenvalue weighted by Crippen LogP contribution is -2.48. The quantitative estimate of drug-likeness (QED) is 0.443. The van der Waals surface area contributed by atoms with Gasteiger partial charge < -0.3 is 10.6 Å². The van der Waals surface area contributed by atoms with E-state index in [2.05, 4.69) is 21.5 Å². The number of nitrogens with one attached hydrogen (secondary N) is 4. The minimum atomic E-state index is -0.508. The van der Waals surface area contributed by atoms with Gasteiger partial charge in [-0.2, -0.15) is 0 Å². The molecule has 3 rings (SSSR count). The molecule has 0 atom stereocenters. The van der Waals surface area contributed by atoms with Crippen LogP contribution in [0, 0.1) is 13.8 Å². The Labute approximate surface area is 181 Å². The van der Waals surface area contributed by atoms with E-state index >= 15 is 0 Å². The molecule has 0 saturated heterocycles. The molecule has 0 fully saturated rings. The number of hydrogen-bond acceptors (Lipinski definition) is 4. The number of rotatable bonds is 7. The highest BCUT2D eigenvalue weighted by molar-refractivity contribution is 5.92. The van der Waals surface area contributed by atoms with Gasteiger partial charge in [-0.05, 0) is 41.8 Å².